The van der Waals surface area contributed by atoms with E-state index in [2.05, 4.69) is 6.92 Å². The Labute approximate surface area is 140 Å². The minimum Gasteiger partial charge on any atom is -0.484 e. The van der Waals surface area contributed by atoms with E-state index in [4.69, 9.17) is 15.2 Å². The second kappa shape index (κ2) is 8.33. The average molecular weight is 334 g/mol. The number of ether oxygens (including phenoxy) is 2. The Morgan fingerprint density at radius 2 is 1.75 bits per heavy atom. The Kier molecular flexibility index (Phi) is 6.17. The third kappa shape index (κ3) is 5.26. The molecule has 24 heavy (non-hydrogen) atoms. The molecule has 1 saturated heterocycles. The Hall–Kier alpha value is -2.57. The van der Waals surface area contributed by atoms with Crippen LogP contribution in [0, 0.1) is 5.92 Å². The first-order valence-electron chi connectivity index (χ1n) is 7.92. The van der Waals surface area contributed by atoms with Crippen LogP contribution in [0.4, 0.5) is 0 Å². The van der Waals surface area contributed by atoms with Crippen molar-refractivity contribution in [1.29, 1.82) is 0 Å². The molecule has 1 aliphatic rings. The predicted molar refractivity (Wildman–Crippen MR) is 86.4 cm³/mol. The molecule has 1 aliphatic heterocycles. The van der Waals surface area contributed by atoms with Crippen LogP contribution in [0.15, 0.2) is 24.3 Å². The lowest BCUT2D eigenvalue weighted by atomic mass is 9.99. The van der Waals surface area contributed by atoms with Crippen molar-refractivity contribution < 1.29 is 23.9 Å². The van der Waals surface area contributed by atoms with Crippen LogP contribution in [0.2, 0.25) is 0 Å². The minimum absolute atomic E-state index is 0.170. The van der Waals surface area contributed by atoms with Crippen molar-refractivity contribution in [3.05, 3.63) is 29.8 Å². The fraction of sp³-hybridized carbons (Fsp3) is 0.471. The van der Waals surface area contributed by atoms with E-state index in [1.807, 2.05) is 0 Å². The molecule has 0 saturated carbocycles. The number of carbonyl (C=O) groups is 3. The summed E-state index contributed by atoms with van der Waals surface area (Å²) in [5.41, 5.74) is 5.29. The van der Waals surface area contributed by atoms with Gasteiger partial charge in [0.2, 0.25) is 0 Å². The van der Waals surface area contributed by atoms with Gasteiger partial charge in [-0.3, -0.25) is 9.59 Å². The van der Waals surface area contributed by atoms with Crippen LogP contribution >= 0.6 is 0 Å². The van der Waals surface area contributed by atoms with Crippen molar-refractivity contribution in [3.63, 3.8) is 0 Å². The standard InChI is InChI=1S/C17H22N2O5/c1-12-6-8-19(9-7-12)16(21)11-24-17(22)13-2-4-14(5-3-13)23-10-15(18)20/h2-5,12H,6-11H2,1H3,(H2,18,20). The summed E-state index contributed by atoms with van der Waals surface area (Å²) in [6.45, 7) is 3.10. The van der Waals surface area contributed by atoms with Crippen molar-refractivity contribution in [3.8, 4) is 5.75 Å². The lowest BCUT2D eigenvalue weighted by molar-refractivity contribution is -0.135. The third-order valence-electron chi connectivity index (χ3n) is 3.93. The van der Waals surface area contributed by atoms with E-state index in [1.165, 1.54) is 24.3 Å². The summed E-state index contributed by atoms with van der Waals surface area (Å²) in [5.74, 6) is -0.272. The summed E-state index contributed by atoms with van der Waals surface area (Å²) in [6.07, 6.45) is 1.96. The highest BCUT2D eigenvalue weighted by atomic mass is 16.5. The molecule has 2 N–H and O–H groups in total. The van der Waals surface area contributed by atoms with E-state index in [0.717, 1.165) is 12.8 Å². The second-order valence-electron chi connectivity index (χ2n) is 5.92. The highest BCUT2D eigenvalue weighted by molar-refractivity contribution is 5.91. The predicted octanol–water partition coefficient (Wildman–Crippen LogP) is 0.966. The van der Waals surface area contributed by atoms with Gasteiger partial charge >= 0.3 is 5.97 Å². The number of nitrogens with two attached hydrogens (primary N) is 1. The van der Waals surface area contributed by atoms with E-state index in [9.17, 15) is 14.4 Å². The number of amides is 2. The maximum atomic E-state index is 12.0. The van der Waals surface area contributed by atoms with Crippen molar-refractivity contribution in [1.82, 2.24) is 4.90 Å². The number of esters is 1. The number of carbonyl (C=O) groups excluding carboxylic acids is 3. The van der Waals surface area contributed by atoms with Gasteiger partial charge in [0.1, 0.15) is 5.75 Å². The molecule has 0 atom stereocenters. The molecule has 7 heteroatoms. The van der Waals surface area contributed by atoms with Crippen molar-refractivity contribution in [2.24, 2.45) is 11.7 Å². The first-order chi connectivity index (χ1) is 11.5. The van der Waals surface area contributed by atoms with Crippen molar-refractivity contribution >= 4 is 17.8 Å². The molecule has 0 spiro atoms. The monoisotopic (exact) mass is 334 g/mol. The maximum absolute atomic E-state index is 12.0. The van der Waals surface area contributed by atoms with Crippen LogP contribution in [-0.4, -0.2) is 49.0 Å². The maximum Gasteiger partial charge on any atom is 0.338 e. The molecule has 0 aromatic heterocycles. The van der Waals surface area contributed by atoms with Crippen LogP contribution in [0.5, 0.6) is 5.75 Å². The molecule has 0 unspecified atom stereocenters. The first kappa shape index (κ1) is 17.8. The number of primary amides is 1. The van der Waals surface area contributed by atoms with E-state index >= 15 is 0 Å². The highest BCUT2D eigenvalue weighted by Crippen LogP contribution is 2.16. The van der Waals surface area contributed by atoms with Crippen molar-refractivity contribution in [2.45, 2.75) is 19.8 Å². The van der Waals surface area contributed by atoms with Gasteiger partial charge in [-0.15, -0.1) is 0 Å². The Bertz CT molecular complexity index is 592. The number of likely N-dealkylation sites (tertiary alicyclic amines) is 1. The second-order valence-corrected chi connectivity index (χ2v) is 5.92. The van der Waals surface area contributed by atoms with Gasteiger partial charge in [-0.1, -0.05) is 6.92 Å². The largest absolute Gasteiger partial charge is 0.484 e. The van der Waals surface area contributed by atoms with Gasteiger partial charge in [-0.2, -0.15) is 0 Å². The lowest BCUT2D eigenvalue weighted by Gasteiger charge is -2.30. The SMILES string of the molecule is CC1CCN(C(=O)COC(=O)c2ccc(OCC(N)=O)cc2)CC1. The quantitative estimate of drug-likeness (QED) is 0.782. The summed E-state index contributed by atoms with van der Waals surface area (Å²) in [5, 5.41) is 0. The summed E-state index contributed by atoms with van der Waals surface area (Å²) >= 11 is 0. The molecular formula is C17H22N2O5. The Morgan fingerprint density at radius 1 is 1.12 bits per heavy atom. The minimum atomic E-state index is -0.580. The summed E-state index contributed by atoms with van der Waals surface area (Å²) < 4.78 is 10.2. The van der Waals surface area contributed by atoms with E-state index in [0.29, 0.717) is 30.3 Å². The molecule has 130 valence electrons. The van der Waals surface area contributed by atoms with Crippen LogP contribution in [0.25, 0.3) is 0 Å². The van der Waals surface area contributed by atoms with Gasteiger partial charge in [0.25, 0.3) is 11.8 Å². The van der Waals surface area contributed by atoms with E-state index in [1.54, 1.807) is 4.90 Å². The number of hydrogen-bond donors (Lipinski definition) is 1. The van der Waals surface area contributed by atoms with Gasteiger partial charge in [-0.05, 0) is 43.0 Å². The number of benzene rings is 1. The van der Waals surface area contributed by atoms with Crippen LogP contribution in [0.3, 0.4) is 0 Å². The zero-order valence-electron chi connectivity index (χ0n) is 13.7. The van der Waals surface area contributed by atoms with Crippen LogP contribution in [0.1, 0.15) is 30.1 Å². The summed E-state index contributed by atoms with van der Waals surface area (Å²) in [7, 11) is 0. The van der Waals surface area contributed by atoms with Gasteiger partial charge < -0.3 is 20.1 Å². The molecule has 2 rings (SSSR count). The molecule has 1 aromatic rings. The first-order valence-corrected chi connectivity index (χ1v) is 7.92. The topological polar surface area (TPSA) is 98.9 Å². The lowest BCUT2D eigenvalue weighted by Crippen LogP contribution is -2.40. The third-order valence-corrected chi connectivity index (χ3v) is 3.93. The van der Waals surface area contributed by atoms with Crippen LogP contribution < -0.4 is 10.5 Å². The van der Waals surface area contributed by atoms with E-state index in [-0.39, 0.29) is 19.1 Å². The molecule has 7 nitrogen and oxygen atoms in total. The number of nitrogens with zero attached hydrogens (tertiary/aromatic N) is 1. The highest BCUT2D eigenvalue weighted by Gasteiger charge is 2.21. The van der Waals surface area contributed by atoms with E-state index < -0.39 is 11.9 Å². The molecule has 1 fully saturated rings. The van der Waals surface area contributed by atoms with Gasteiger partial charge in [0.05, 0.1) is 5.56 Å². The molecule has 0 aliphatic carbocycles. The van der Waals surface area contributed by atoms with Gasteiger partial charge in [0, 0.05) is 13.1 Å². The zero-order valence-corrected chi connectivity index (χ0v) is 13.7. The van der Waals surface area contributed by atoms with Gasteiger partial charge in [-0.25, -0.2) is 4.79 Å². The Balaban J connectivity index is 1.79. The number of rotatable bonds is 6. The smallest absolute Gasteiger partial charge is 0.338 e. The molecular weight excluding hydrogens is 312 g/mol. The number of piperidine rings is 1. The van der Waals surface area contributed by atoms with Crippen molar-refractivity contribution in [2.75, 3.05) is 26.3 Å². The molecule has 1 aromatic carbocycles. The van der Waals surface area contributed by atoms with Crippen LogP contribution in [-0.2, 0) is 14.3 Å². The molecule has 0 bridgehead atoms. The average Bonchev–Trinajstić information content (AvgIpc) is 2.58. The Morgan fingerprint density at radius 3 is 2.33 bits per heavy atom. The fourth-order valence-corrected chi connectivity index (χ4v) is 2.40. The number of hydrogen-bond acceptors (Lipinski definition) is 5. The summed E-state index contributed by atoms with van der Waals surface area (Å²) in [6, 6.07) is 6.08. The molecule has 2 amide bonds. The normalized spacial score (nSPS) is 15.0. The molecule has 1 heterocycles. The summed E-state index contributed by atoms with van der Waals surface area (Å²) in [4.78, 5) is 36.3. The zero-order chi connectivity index (χ0) is 17.5. The fourth-order valence-electron chi connectivity index (χ4n) is 2.40. The molecule has 0 radical (unpaired) electrons. The van der Waals surface area contributed by atoms with Gasteiger partial charge in [0.15, 0.2) is 13.2 Å².